The third kappa shape index (κ3) is 4.06. The van der Waals surface area contributed by atoms with E-state index in [0.717, 1.165) is 22.3 Å². The molecule has 0 fully saturated rings. The highest BCUT2D eigenvalue weighted by molar-refractivity contribution is 5.93. The highest BCUT2D eigenvalue weighted by Crippen LogP contribution is 2.20. The van der Waals surface area contributed by atoms with Gasteiger partial charge >= 0.3 is 0 Å². The van der Waals surface area contributed by atoms with Crippen molar-refractivity contribution in [2.24, 2.45) is 14.1 Å². The van der Waals surface area contributed by atoms with E-state index in [0.29, 0.717) is 17.9 Å². The number of halogens is 1. The normalized spacial score (nSPS) is 10.9. The topological polar surface area (TPSA) is 77.6 Å². The molecule has 0 aliphatic heterocycles. The Kier molecular flexibility index (Phi) is 4.90. The number of aryl methyl sites for hydroxylation is 2. The van der Waals surface area contributed by atoms with Gasteiger partial charge in [0.2, 0.25) is 0 Å². The van der Waals surface area contributed by atoms with E-state index in [-0.39, 0.29) is 11.7 Å². The van der Waals surface area contributed by atoms with Gasteiger partial charge in [-0.3, -0.25) is 19.1 Å². The van der Waals surface area contributed by atoms with Crippen molar-refractivity contribution in [3.63, 3.8) is 0 Å². The van der Waals surface area contributed by atoms with Crippen LogP contribution in [0.25, 0.3) is 22.4 Å². The molecule has 3 aromatic heterocycles. The van der Waals surface area contributed by atoms with Gasteiger partial charge in [-0.1, -0.05) is 0 Å². The van der Waals surface area contributed by atoms with Crippen LogP contribution in [0.15, 0.2) is 61.2 Å². The van der Waals surface area contributed by atoms with Crippen LogP contribution in [-0.2, 0) is 20.6 Å². The van der Waals surface area contributed by atoms with Gasteiger partial charge in [0.05, 0.1) is 11.9 Å². The number of carbonyl (C=O) groups is 1. The summed E-state index contributed by atoms with van der Waals surface area (Å²) in [6, 6.07) is 9.66. The molecule has 4 rings (SSSR count). The van der Waals surface area contributed by atoms with Crippen molar-refractivity contribution in [2.75, 3.05) is 0 Å². The van der Waals surface area contributed by atoms with Gasteiger partial charge in [-0.25, -0.2) is 4.39 Å². The number of benzene rings is 1. The number of nitrogens with one attached hydrogen (secondary N) is 1. The molecular weight excluding hydrogens is 371 g/mol. The van der Waals surface area contributed by atoms with E-state index >= 15 is 0 Å². The molecular formula is C21H19FN6O. The molecule has 0 aliphatic rings. The van der Waals surface area contributed by atoms with Gasteiger partial charge in [-0.05, 0) is 42.0 Å². The maximum atomic E-state index is 13.1. The monoisotopic (exact) mass is 390 g/mol. The van der Waals surface area contributed by atoms with Crippen LogP contribution < -0.4 is 5.32 Å². The van der Waals surface area contributed by atoms with E-state index in [9.17, 15) is 9.18 Å². The van der Waals surface area contributed by atoms with Crippen molar-refractivity contribution in [2.45, 2.75) is 6.54 Å². The molecule has 0 saturated carbocycles. The molecule has 0 spiro atoms. The van der Waals surface area contributed by atoms with Crippen LogP contribution >= 0.6 is 0 Å². The van der Waals surface area contributed by atoms with Crippen LogP contribution in [0.5, 0.6) is 0 Å². The van der Waals surface area contributed by atoms with E-state index in [1.807, 2.05) is 19.3 Å². The molecule has 8 heteroatoms. The second-order valence-electron chi connectivity index (χ2n) is 6.71. The summed E-state index contributed by atoms with van der Waals surface area (Å²) in [5, 5.41) is 11.4. The van der Waals surface area contributed by atoms with E-state index < -0.39 is 0 Å². The SMILES string of the molecule is Cn1cc(-c2cncc(CNC(=O)c3cc(-c4ccc(F)cc4)nn3C)c2)cn1. The summed E-state index contributed by atoms with van der Waals surface area (Å²) in [4.78, 5) is 16.9. The molecule has 0 saturated heterocycles. The molecule has 7 nitrogen and oxygen atoms in total. The molecule has 3 heterocycles. The average Bonchev–Trinajstić information content (AvgIpc) is 3.33. The highest BCUT2D eigenvalue weighted by atomic mass is 19.1. The lowest BCUT2D eigenvalue weighted by Crippen LogP contribution is -2.25. The Bertz CT molecular complexity index is 1160. The standard InChI is InChI=1S/C21H19FN6O/c1-27-13-17(12-25-27)16-7-14(9-23-11-16)10-24-21(29)20-8-19(26-28(20)2)15-3-5-18(22)6-4-15/h3-9,11-13H,10H2,1-2H3,(H,24,29). The number of carbonyl (C=O) groups excluding carboxylic acids is 1. The molecule has 1 N–H and O–H groups in total. The lowest BCUT2D eigenvalue weighted by atomic mass is 10.1. The number of hydrogen-bond donors (Lipinski definition) is 1. The van der Waals surface area contributed by atoms with Gasteiger partial charge in [-0.2, -0.15) is 10.2 Å². The summed E-state index contributed by atoms with van der Waals surface area (Å²) in [5.41, 5.74) is 4.54. The summed E-state index contributed by atoms with van der Waals surface area (Å²) in [7, 11) is 3.56. The summed E-state index contributed by atoms with van der Waals surface area (Å²) in [6.45, 7) is 0.330. The Hall–Kier alpha value is -3.81. The smallest absolute Gasteiger partial charge is 0.269 e. The third-order valence-electron chi connectivity index (χ3n) is 4.54. The fourth-order valence-electron chi connectivity index (χ4n) is 3.03. The average molecular weight is 390 g/mol. The minimum Gasteiger partial charge on any atom is -0.347 e. The third-order valence-corrected chi connectivity index (χ3v) is 4.54. The van der Waals surface area contributed by atoms with Gasteiger partial charge in [0.1, 0.15) is 11.5 Å². The van der Waals surface area contributed by atoms with Crippen LogP contribution in [0.3, 0.4) is 0 Å². The number of pyridine rings is 1. The van der Waals surface area contributed by atoms with Crippen LogP contribution in [0.2, 0.25) is 0 Å². The summed E-state index contributed by atoms with van der Waals surface area (Å²) >= 11 is 0. The predicted molar refractivity (Wildman–Crippen MR) is 106 cm³/mol. The number of rotatable bonds is 5. The first-order valence-corrected chi connectivity index (χ1v) is 9.01. The van der Waals surface area contributed by atoms with E-state index in [4.69, 9.17) is 0 Å². The largest absolute Gasteiger partial charge is 0.347 e. The Morgan fingerprint density at radius 1 is 1.03 bits per heavy atom. The minimum absolute atomic E-state index is 0.250. The molecule has 1 amide bonds. The maximum Gasteiger partial charge on any atom is 0.269 e. The van der Waals surface area contributed by atoms with Crippen LogP contribution in [-0.4, -0.2) is 30.5 Å². The zero-order valence-electron chi connectivity index (χ0n) is 16.0. The first-order chi connectivity index (χ1) is 14.0. The fraction of sp³-hybridized carbons (Fsp3) is 0.143. The summed E-state index contributed by atoms with van der Waals surface area (Å²) in [6.07, 6.45) is 7.16. The number of aromatic nitrogens is 5. The van der Waals surface area contributed by atoms with Gasteiger partial charge in [0, 0.05) is 55.9 Å². The first-order valence-electron chi connectivity index (χ1n) is 9.01. The molecule has 0 unspecified atom stereocenters. The van der Waals surface area contributed by atoms with E-state index in [2.05, 4.69) is 20.5 Å². The second kappa shape index (κ2) is 7.67. The Balaban J connectivity index is 1.47. The lowest BCUT2D eigenvalue weighted by molar-refractivity contribution is 0.0941. The number of amides is 1. The lowest BCUT2D eigenvalue weighted by Gasteiger charge is -2.06. The second-order valence-corrected chi connectivity index (χ2v) is 6.71. The Morgan fingerprint density at radius 2 is 1.83 bits per heavy atom. The summed E-state index contributed by atoms with van der Waals surface area (Å²) < 4.78 is 16.4. The fourth-order valence-corrected chi connectivity index (χ4v) is 3.03. The number of hydrogen-bond acceptors (Lipinski definition) is 4. The molecule has 0 radical (unpaired) electrons. The van der Waals surface area contributed by atoms with Gasteiger partial charge in [0.25, 0.3) is 5.91 Å². The molecule has 0 aliphatic carbocycles. The van der Waals surface area contributed by atoms with Crippen LogP contribution in [0.4, 0.5) is 4.39 Å². The molecule has 146 valence electrons. The van der Waals surface area contributed by atoms with Gasteiger partial charge < -0.3 is 5.32 Å². The zero-order chi connectivity index (χ0) is 20.4. The van der Waals surface area contributed by atoms with E-state index in [1.54, 1.807) is 48.5 Å². The van der Waals surface area contributed by atoms with Crippen LogP contribution in [0, 0.1) is 5.82 Å². The predicted octanol–water partition coefficient (Wildman–Crippen LogP) is 2.95. The van der Waals surface area contributed by atoms with Crippen LogP contribution in [0.1, 0.15) is 16.1 Å². The van der Waals surface area contributed by atoms with Crippen molar-refractivity contribution in [1.29, 1.82) is 0 Å². The van der Waals surface area contributed by atoms with Crippen molar-refractivity contribution in [1.82, 2.24) is 29.9 Å². The van der Waals surface area contributed by atoms with Crippen molar-refractivity contribution in [3.05, 3.63) is 78.3 Å². The molecule has 4 aromatic rings. The number of nitrogens with zero attached hydrogens (tertiary/aromatic N) is 5. The maximum absolute atomic E-state index is 13.1. The molecule has 0 atom stereocenters. The summed E-state index contributed by atoms with van der Waals surface area (Å²) in [5.74, 6) is -0.565. The molecule has 1 aromatic carbocycles. The van der Waals surface area contributed by atoms with E-state index in [1.165, 1.54) is 16.8 Å². The van der Waals surface area contributed by atoms with Crippen molar-refractivity contribution < 1.29 is 9.18 Å². The molecule has 0 bridgehead atoms. The highest BCUT2D eigenvalue weighted by Gasteiger charge is 2.14. The molecule has 29 heavy (non-hydrogen) atoms. The quantitative estimate of drug-likeness (QED) is 0.568. The van der Waals surface area contributed by atoms with Gasteiger partial charge in [-0.15, -0.1) is 0 Å². The van der Waals surface area contributed by atoms with Crippen molar-refractivity contribution >= 4 is 5.91 Å². The Morgan fingerprint density at radius 3 is 2.55 bits per heavy atom. The Labute approximate surface area is 166 Å². The van der Waals surface area contributed by atoms with Gasteiger partial charge in [0.15, 0.2) is 0 Å². The van der Waals surface area contributed by atoms with Crippen molar-refractivity contribution in [3.8, 4) is 22.4 Å². The zero-order valence-corrected chi connectivity index (χ0v) is 16.0. The first kappa shape index (κ1) is 18.5. The minimum atomic E-state index is -0.315.